The Morgan fingerprint density at radius 2 is 2.04 bits per heavy atom. The summed E-state index contributed by atoms with van der Waals surface area (Å²) in [6.45, 7) is 0.195. The molecule has 2 aliphatic carbocycles. The van der Waals surface area contributed by atoms with Crippen molar-refractivity contribution >= 4 is 17.7 Å². The number of aliphatic hydroxyl groups is 2. The second kappa shape index (κ2) is 10.3. The van der Waals surface area contributed by atoms with E-state index in [1.165, 1.54) is 11.8 Å². The first kappa shape index (κ1) is 21.2. The number of hydrogen-bond acceptors (Lipinski definition) is 5. The fraction of sp³-hybridized carbons (Fsp3) is 0.591. The van der Waals surface area contributed by atoms with Gasteiger partial charge in [0, 0.05) is 5.92 Å². The molecular weight excluding hydrogens is 376 g/mol. The molecule has 0 aromatic heterocycles. The van der Waals surface area contributed by atoms with Crippen LogP contribution in [-0.2, 0) is 4.79 Å². The Hall–Kier alpha value is -1.50. The minimum atomic E-state index is -0.753. The summed E-state index contributed by atoms with van der Waals surface area (Å²) < 4.78 is 5.58. The van der Waals surface area contributed by atoms with Crippen molar-refractivity contribution in [3.8, 4) is 5.75 Å². The molecule has 3 rings (SSSR count). The molecule has 0 saturated heterocycles. The van der Waals surface area contributed by atoms with Crippen molar-refractivity contribution < 1.29 is 24.9 Å². The van der Waals surface area contributed by atoms with Crippen LogP contribution in [-0.4, -0.2) is 51.6 Å². The highest BCUT2D eigenvalue weighted by Gasteiger charge is 2.46. The van der Waals surface area contributed by atoms with Crippen molar-refractivity contribution in [1.82, 2.24) is 0 Å². The lowest BCUT2D eigenvalue weighted by Crippen LogP contribution is -2.20. The van der Waals surface area contributed by atoms with E-state index in [2.05, 4.69) is 0 Å². The fourth-order valence-corrected chi connectivity index (χ4v) is 5.52. The van der Waals surface area contributed by atoms with Gasteiger partial charge in [0.25, 0.3) is 0 Å². The number of aliphatic hydroxyl groups excluding tert-OH is 2. The van der Waals surface area contributed by atoms with E-state index in [9.17, 15) is 15.0 Å². The molecule has 0 heterocycles. The molecule has 0 spiro atoms. The monoisotopic (exact) mass is 406 g/mol. The first-order chi connectivity index (χ1) is 13.5. The van der Waals surface area contributed by atoms with Gasteiger partial charge in [-0.15, -0.1) is 0 Å². The van der Waals surface area contributed by atoms with Gasteiger partial charge in [-0.1, -0.05) is 30.4 Å². The first-order valence-electron chi connectivity index (χ1n) is 10.0. The van der Waals surface area contributed by atoms with E-state index in [1.54, 1.807) is 6.08 Å². The molecule has 6 atom stereocenters. The maximum Gasteiger partial charge on any atom is 0.313 e. The van der Waals surface area contributed by atoms with Gasteiger partial charge in [-0.05, 0) is 61.3 Å². The smallest absolute Gasteiger partial charge is 0.313 e. The van der Waals surface area contributed by atoms with Crippen LogP contribution < -0.4 is 4.74 Å². The zero-order chi connectivity index (χ0) is 19.9. The Balaban J connectivity index is 1.44. The predicted molar refractivity (Wildman–Crippen MR) is 110 cm³/mol. The number of ether oxygens (including phenoxy) is 1. The number of carboxylic acids is 1. The Kier molecular flexibility index (Phi) is 7.82. The zero-order valence-corrected chi connectivity index (χ0v) is 16.8. The third-order valence-corrected chi connectivity index (χ3v) is 6.92. The lowest BCUT2D eigenvalue weighted by Gasteiger charge is -2.19. The highest BCUT2D eigenvalue weighted by Crippen LogP contribution is 2.51. The van der Waals surface area contributed by atoms with Crippen LogP contribution >= 0.6 is 11.8 Å². The molecule has 6 heteroatoms. The number of carboxylic acid groups (broad SMARTS) is 1. The average Bonchev–Trinajstić information content (AvgIpc) is 3.19. The topological polar surface area (TPSA) is 87.0 Å². The van der Waals surface area contributed by atoms with E-state index >= 15 is 0 Å². The molecule has 2 fully saturated rings. The van der Waals surface area contributed by atoms with E-state index in [1.807, 2.05) is 36.4 Å². The van der Waals surface area contributed by atoms with Crippen molar-refractivity contribution in [2.24, 2.45) is 23.7 Å². The number of carbonyl (C=O) groups is 1. The van der Waals surface area contributed by atoms with Crippen LogP contribution in [0.25, 0.3) is 0 Å². The number of fused-ring (bicyclic) bond motifs is 1. The maximum atomic E-state index is 10.6. The molecule has 2 saturated carbocycles. The second-order valence-corrected chi connectivity index (χ2v) is 9.06. The van der Waals surface area contributed by atoms with E-state index in [0.29, 0.717) is 17.8 Å². The molecule has 154 valence electrons. The van der Waals surface area contributed by atoms with Gasteiger partial charge >= 0.3 is 5.97 Å². The minimum Gasteiger partial charge on any atom is -0.491 e. The molecule has 0 bridgehead atoms. The van der Waals surface area contributed by atoms with Gasteiger partial charge in [0.2, 0.25) is 0 Å². The SMILES string of the molecule is O=C(O)CSCCC1C[C@H]2C[C@@H](O)[C@H](C=CC(O)COc3ccccc3)[C@@H]2C1. The maximum absolute atomic E-state index is 10.6. The molecule has 1 aromatic rings. The second-order valence-electron chi connectivity index (χ2n) is 7.95. The van der Waals surface area contributed by atoms with Crippen LogP contribution in [0.3, 0.4) is 0 Å². The summed E-state index contributed by atoms with van der Waals surface area (Å²) in [4.78, 5) is 10.6. The molecule has 3 N–H and O–H groups in total. The van der Waals surface area contributed by atoms with Crippen LogP contribution in [0.2, 0.25) is 0 Å². The molecule has 5 nitrogen and oxygen atoms in total. The molecule has 0 amide bonds. The molecular formula is C22H30O5S. The normalized spacial score (nSPS) is 30.4. The van der Waals surface area contributed by atoms with Gasteiger partial charge in [0.05, 0.1) is 11.9 Å². The number of aliphatic carboxylic acids is 1. The van der Waals surface area contributed by atoms with Crippen molar-refractivity contribution in [2.75, 3.05) is 18.1 Å². The van der Waals surface area contributed by atoms with Crippen molar-refractivity contribution in [2.45, 2.75) is 37.9 Å². The third-order valence-electron chi connectivity index (χ3n) is 5.95. The summed E-state index contributed by atoms with van der Waals surface area (Å²) in [6.07, 6.45) is 6.79. The van der Waals surface area contributed by atoms with Crippen molar-refractivity contribution in [1.29, 1.82) is 0 Å². The summed E-state index contributed by atoms with van der Waals surface area (Å²) in [5.74, 6) is 2.74. The van der Waals surface area contributed by atoms with Crippen LogP contribution in [0.15, 0.2) is 42.5 Å². The van der Waals surface area contributed by atoms with Crippen LogP contribution in [0.5, 0.6) is 5.75 Å². The predicted octanol–water partition coefficient (Wildman–Crippen LogP) is 3.21. The summed E-state index contributed by atoms with van der Waals surface area (Å²) in [5.41, 5.74) is 0. The summed E-state index contributed by atoms with van der Waals surface area (Å²) in [5, 5.41) is 29.4. The Bertz CT molecular complexity index is 650. The minimum absolute atomic E-state index is 0.0908. The number of para-hydroxylation sites is 1. The number of rotatable bonds is 10. The third kappa shape index (κ3) is 6.00. The van der Waals surface area contributed by atoms with E-state index in [0.717, 1.165) is 37.2 Å². The quantitative estimate of drug-likeness (QED) is 0.409. The number of hydrogen-bond donors (Lipinski definition) is 3. The molecule has 28 heavy (non-hydrogen) atoms. The first-order valence-corrected chi connectivity index (χ1v) is 11.2. The average molecular weight is 407 g/mol. The van der Waals surface area contributed by atoms with Crippen LogP contribution in [0.4, 0.5) is 0 Å². The molecule has 0 radical (unpaired) electrons. The summed E-state index contributed by atoms with van der Waals surface area (Å²) in [6, 6.07) is 9.41. The molecule has 1 aromatic carbocycles. The molecule has 0 aliphatic heterocycles. The standard InChI is InChI=1S/C22H30O5S/c23-17(13-27-18-4-2-1-3-5-18)6-7-19-20-11-15(8-9-28-14-22(25)26)10-16(20)12-21(19)24/h1-7,15-17,19-21,23-24H,8-14H2,(H,25,26)/t15?,16-,17?,19+,20+,21+/m0/s1. The zero-order valence-electron chi connectivity index (χ0n) is 16.0. The largest absolute Gasteiger partial charge is 0.491 e. The van der Waals surface area contributed by atoms with Gasteiger partial charge in [-0.25, -0.2) is 0 Å². The molecule has 2 aliphatic rings. The summed E-state index contributed by atoms with van der Waals surface area (Å²) in [7, 11) is 0. The van der Waals surface area contributed by atoms with E-state index in [4.69, 9.17) is 9.84 Å². The van der Waals surface area contributed by atoms with Gasteiger partial charge in [-0.3, -0.25) is 4.79 Å². The van der Waals surface area contributed by atoms with Gasteiger partial charge in [-0.2, -0.15) is 11.8 Å². The van der Waals surface area contributed by atoms with Gasteiger partial charge < -0.3 is 20.1 Å². The summed E-state index contributed by atoms with van der Waals surface area (Å²) >= 11 is 1.49. The van der Waals surface area contributed by atoms with E-state index in [-0.39, 0.29) is 24.4 Å². The fourth-order valence-electron chi connectivity index (χ4n) is 4.70. The van der Waals surface area contributed by atoms with Gasteiger partial charge in [0.15, 0.2) is 0 Å². The number of thioether (sulfide) groups is 1. The van der Waals surface area contributed by atoms with Crippen LogP contribution in [0, 0.1) is 23.7 Å². The Morgan fingerprint density at radius 3 is 2.79 bits per heavy atom. The van der Waals surface area contributed by atoms with Crippen molar-refractivity contribution in [3.63, 3.8) is 0 Å². The Morgan fingerprint density at radius 1 is 1.25 bits per heavy atom. The highest BCUT2D eigenvalue weighted by molar-refractivity contribution is 7.99. The lowest BCUT2D eigenvalue weighted by molar-refractivity contribution is -0.133. The lowest BCUT2D eigenvalue weighted by atomic mass is 9.89. The number of benzene rings is 1. The van der Waals surface area contributed by atoms with Gasteiger partial charge in [0.1, 0.15) is 18.5 Å². The molecule has 2 unspecified atom stereocenters. The van der Waals surface area contributed by atoms with Crippen LogP contribution in [0.1, 0.15) is 25.7 Å². The Labute approximate surface area is 170 Å². The highest BCUT2D eigenvalue weighted by atomic mass is 32.2. The van der Waals surface area contributed by atoms with E-state index < -0.39 is 12.1 Å². The van der Waals surface area contributed by atoms with Crippen molar-refractivity contribution in [3.05, 3.63) is 42.5 Å².